The van der Waals surface area contributed by atoms with E-state index in [-0.39, 0.29) is 0 Å². The van der Waals surface area contributed by atoms with Gasteiger partial charge in [-0.25, -0.2) is 0 Å². The first kappa shape index (κ1) is 12.3. The van der Waals surface area contributed by atoms with Gasteiger partial charge in [0.1, 0.15) is 0 Å². The first-order chi connectivity index (χ1) is 7.79. The van der Waals surface area contributed by atoms with Crippen LogP contribution in [0.15, 0.2) is 0 Å². The molecule has 2 rings (SSSR count). The Hall–Kier alpha value is -0.120. The summed E-state index contributed by atoms with van der Waals surface area (Å²) in [5.74, 6) is 0.868. The van der Waals surface area contributed by atoms with Crippen LogP contribution in [0.2, 0.25) is 0 Å². The van der Waals surface area contributed by atoms with Crippen LogP contribution in [-0.4, -0.2) is 50.8 Å². The van der Waals surface area contributed by atoms with Gasteiger partial charge < -0.3 is 15.0 Å². The SMILES string of the molecule is CNC1CCC(N(C)CC2CCOCC2)C1. The second-order valence-corrected chi connectivity index (χ2v) is 5.45. The van der Waals surface area contributed by atoms with Crippen LogP contribution in [-0.2, 0) is 4.74 Å². The summed E-state index contributed by atoms with van der Waals surface area (Å²) < 4.78 is 5.41. The van der Waals surface area contributed by atoms with Crippen molar-refractivity contribution in [3.8, 4) is 0 Å². The van der Waals surface area contributed by atoms with E-state index in [1.54, 1.807) is 0 Å². The fraction of sp³-hybridized carbons (Fsp3) is 1.00. The molecule has 0 spiro atoms. The molecule has 0 aromatic heterocycles. The lowest BCUT2D eigenvalue weighted by atomic mass is 9.99. The molecule has 1 N–H and O–H groups in total. The molecule has 2 unspecified atom stereocenters. The van der Waals surface area contributed by atoms with Gasteiger partial charge in [-0.1, -0.05) is 0 Å². The fourth-order valence-electron chi connectivity index (χ4n) is 3.11. The second-order valence-electron chi connectivity index (χ2n) is 5.45. The van der Waals surface area contributed by atoms with Gasteiger partial charge in [-0.2, -0.15) is 0 Å². The molecule has 1 aliphatic carbocycles. The molecule has 0 aromatic rings. The first-order valence-corrected chi connectivity index (χ1v) is 6.75. The van der Waals surface area contributed by atoms with E-state index >= 15 is 0 Å². The van der Waals surface area contributed by atoms with Gasteiger partial charge >= 0.3 is 0 Å². The standard InChI is InChI=1S/C13H26N2O/c1-14-12-3-4-13(9-12)15(2)10-11-5-7-16-8-6-11/h11-14H,3-10H2,1-2H3. The Morgan fingerprint density at radius 3 is 2.56 bits per heavy atom. The summed E-state index contributed by atoms with van der Waals surface area (Å²) in [4.78, 5) is 2.59. The van der Waals surface area contributed by atoms with Crippen molar-refractivity contribution in [2.24, 2.45) is 5.92 Å². The second kappa shape index (κ2) is 5.99. The lowest BCUT2D eigenvalue weighted by molar-refractivity contribution is 0.0505. The number of nitrogens with zero attached hydrogens (tertiary/aromatic N) is 1. The Kier molecular flexibility index (Phi) is 4.62. The van der Waals surface area contributed by atoms with Crippen LogP contribution in [0, 0.1) is 5.92 Å². The molecule has 0 amide bonds. The molecule has 3 nitrogen and oxygen atoms in total. The molecule has 0 bridgehead atoms. The van der Waals surface area contributed by atoms with Crippen LogP contribution < -0.4 is 5.32 Å². The summed E-state index contributed by atoms with van der Waals surface area (Å²) in [6, 6.07) is 1.56. The van der Waals surface area contributed by atoms with Crippen LogP contribution in [0.1, 0.15) is 32.1 Å². The molecule has 2 fully saturated rings. The number of rotatable bonds is 4. The quantitative estimate of drug-likeness (QED) is 0.786. The van der Waals surface area contributed by atoms with Crippen LogP contribution in [0.5, 0.6) is 0 Å². The summed E-state index contributed by atoms with van der Waals surface area (Å²) in [5, 5.41) is 3.41. The van der Waals surface area contributed by atoms with Gasteiger partial charge in [0, 0.05) is 31.8 Å². The molecule has 94 valence electrons. The van der Waals surface area contributed by atoms with Crippen LogP contribution in [0.25, 0.3) is 0 Å². The molecular weight excluding hydrogens is 200 g/mol. The van der Waals surface area contributed by atoms with Gasteiger partial charge in [0.05, 0.1) is 0 Å². The van der Waals surface area contributed by atoms with E-state index in [2.05, 4.69) is 24.3 Å². The van der Waals surface area contributed by atoms with Crippen LogP contribution >= 0.6 is 0 Å². The summed E-state index contributed by atoms with van der Waals surface area (Å²) in [6.45, 7) is 3.22. The van der Waals surface area contributed by atoms with Crippen molar-refractivity contribution in [1.82, 2.24) is 10.2 Å². The number of nitrogens with one attached hydrogen (secondary N) is 1. The van der Waals surface area contributed by atoms with Gasteiger partial charge in [-0.3, -0.25) is 0 Å². The van der Waals surface area contributed by atoms with E-state index in [9.17, 15) is 0 Å². The number of ether oxygens (including phenoxy) is 1. The third-order valence-corrected chi connectivity index (χ3v) is 4.32. The smallest absolute Gasteiger partial charge is 0.0469 e. The molecule has 1 saturated heterocycles. The summed E-state index contributed by atoms with van der Waals surface area (Å²) in [5.41, 5.74) is 0. The van der Waals surface area contributed by atoms with Gasteiger partial charge in [-0.05, 0) is 52.1 Å². The molecule has 2 aliphatic rings. The molecule has 3 heteroatoms. The minimum absolute atomic E-state index is 0.752. The molecule has 0 radical (unpaired) electrons. The molecule has 2 atom stereocenters. The van der Waals surface area contributed by atoms with E-state index in [1.807, 2.05) is 0 Å². The fourth-order valence-corrected chi connectivity index (χ4v) is 3.11. The lowest BCUT2D eigenvalue weighted by Gasteiger charge is -2.31. The maximum Gasteiger partial charge on any atom is 0.0469 e. The highest BCUT2D eigenvalue weighted by atomic mass is 16.5. The molecule has 1 aliphatic heterocycles. The van der Waals surface area contributed by atoms with Gasteiger partial charge in [0.15, 0.2) is 0 Å². The monoisotopic (exact) mass is 226 g/mol. The summed E-state index contributed by atoms with van der Waals surface area (Å²) >= 11 is 0. The van der Waals surface area contributed by atoms with Crippen molar-refractivity contribution in [3.63, 3.8) is 0 Å². The van der Waals surface area contributed by atoms with E-state index in [0.717, 1.165) is 31.2 Å². The number of hydrogen-bond donors (Lipinski definition) is 1. The maximum atomic E-state index is 5.41. The molecule has 0 aromatic carbocycles. The van der Waals surface area contributed by atoms with Crippen molar-refractivity contribution in [2.75, 3.05) is 33.9 Å². The maximum absolute atomic E-state index is 5.41. The van der Waals surface area contributed by atoms with Crippen molar-refractivity contribution >= 4 is 0 Å². The van der Waals surface area contributed by atoms with Crippen molar-refractivity contribution in [3.05, 3.63) is 0 Å². The van der Waals surface area contributed by atoms with Crippen molar-refractivity contribution in [1.29, 1.82) is 0 Å². The topological polar surface area (TPSA) is 24.5 Å². The zero-order valence-electron chi connectivity index (χ0n) is 10.7. The van der Waals surface area contributed by atoms with Crippen LogP contribution in [0.3, 0.4) is 0 Å². The zero-order chi connectivity index (χ0) is 11.4. The Balaban J connectivity index is 1.72. The summed E-state index contributed by atoms with van der Waals surface area (Å²) in [7, 11) is 4.39. The lowest BCUT2D eigenvalue weighted by Crippen LogP contribution is -2.37. The average Bonchev–Trinajstić information content (AvgIpc) is 2.79. The predicted molar refractivity (Wildman–Crippen MR) is 66.7 cm³/mol. The van der Waals surface area contributed by atoms with E-state index in [0.29, 0.717) is 0 Å². The van der Waals surface area contributed by atoms with Gasteiger partial charge in [0.25, 0.3) is 0 Å². The third kappa shape index (κ3) is 3.19. The first-order valence-electron chi connectivity index (χ1n) is 6.75. The highest BCUT2D eigenvalue weighted by Crippen LogP contribution is 2.25. The Bertz CT molecular complexity index is 204. The molecule has 1 heterocycles. The van der Waals surface area contributed by atoms with E-state index in [1.165, 1.54) is 38.6 Å². The summed E-state index contributed by atoms with van der Waals surface area (Å²) in [6.07, 6.45) is 6.56. The Morgan fingerprint density at radius 2 is 1.94 bits per heavy atom. The minimum Gasteiger partial charge on any atom is -0.381 e. The van der Waals surface area contributed by atoms with E-state index in [4.69, 9.17) is 4.74 Å². The average molecular weight is 226 g/mol. The number of hydrogen-bond acceptors (Lipinski definition) is 3. The van der Waals surface area contributed by atoms with Gasteiger partial charge in [-0.15, -0.1) is 0 Å². The highest BCUT2D eigenvalue weighted by molar-refractivity contribution is 4.85. The normalized spacial score (nSPS) is 32.4. The molecule has 1 saturated carbocycles. The largest absolute Gasteiger partial charge is 0.381 e. The predicted octanol–water partition coefficient (Wildman–Crippen LogP) is 1.49. The van der Waals surface area contributed by atoms with Gasteiger partial charge in [0.2, 0.25) is 0 Å². The van der Waals surface area contributed by atoms with Crippen molar-refractivity contribution < 1.29 is 4.74 Å². The third-order valence-electron chi connectivity index (χ3n) is 4.32. The Labute approximate surface area is 99.5 Å². The zero-order valence-corrected chi connectivity index (χ0v) is 10.7. The molecular formula is C13H26N2O. The van der Waals surface area contributed by atoms with Crippen molar-refractivity contribution in [2.45, 2.75) is 44.2 Å². The highest BCUT2D eigenvalue weighted by Gasteiger charge is 2.27. The van der Waals surface area contributed by atoms with E-state index < -0.39 is 0 Å². The molecule has 16 heavy (non-hydrogen) atoms. The Morgan fingerprint density at radius 1 is 1.19 bits per heavy atom. The van der Waals surface area contributed by atoms with Crippen LogP contribution in [0.4, 0.5) is 0 Å². The minimum atomic E-state index is 0.752.